The van der Waals surface area contributed by atoms with Gasteiger partial charge in [-0.15, -0.1) is 0 Å². The van der Waals surface area contributed by atoms with Crippen LogP contribution in [-0.4, -0.2) is 10.2 Å². The van der Waals surface area contributed by atoms with Crippen LogP contribution in [-0.2, 0) is 6.42 Å². The van der Waals surface area contributed by atoms with Crippen molar-refractivity contribution in [2.24, 2.45) is 0 Å². The van der Waals surface area contributed by atoms with E-state index in [0.717, 1.165) is 24.0 Å². The molecule has 0 spiro atoms. The molecule has 2 heteroatoms. The molecule has 0 aliphatic heterocycles. The van der Waals surface area contributed by atoms with Crippen LogP contribution in [0.5, 0.6) is 11.5 Å². The maximum absolute atomic E-state index is 10.2. The SMILES string of the molecule is Oc1ccccc1C(CCc1ccccc1)c1ccccc1O. The van der Waals surface area contributed by atoms with Crippen molar-refractivity contribution >= 4 is 0 Å². The Kier molecular flexibility index (Phi) is 4.62. The van der Waals surface area contributed by atoms with Crippen molar-refractivity contribution in [3.8, 4) is 11.5 Å². The van der Waals surface area contributed by atoms with E-state index in [2.05, 4.69) is 12.1 Å². The van der Waals surface area contributed by atoms with Crippen molar-refractivity contribution < 1.29 is 10.2 Å². The van der Waals surface area contributed by atoms with Crippen molar-refractivity contribution in [1.29, 1.82) is 0 Å². The van der Waals surface area contributed by atoms with Gasteiger partial charge in [0.25, 0.3) is 0 Å². The zero-order valence-corrected chi connectivity index (χ0v) is 12.9. The van der Waals surface area contributed by atoms with E-state index in [1.807, 2.05) is 54.6 Å². The Bertz CT molecular complexity index is 720. The molecule has 0 saturated heterocycles. The molecule has 0 bridgehead atoms. The van der Waals surface area contributed by atoms with Crippen molar-refractivity contribution in [1.82, 2.24) is 0 Å². The van der Waals surface area contributed by atoms with Crippen LogP contribution in [0.4, 0.5) is 0 Å². The Hall–Kier alpha value is -2.74. The number of benzene rings is 3. The monoisotopic (exact) mass is 304 g/mol. The molecular formula is C21H20O2. The summed E-state index contributed by atoms with van der Waals surface area (Å²) in [6.07, 6.45) is 1.70. The third-order valence-electron chi connectivity index (χ3n) is 4.19. The summed E-state index contributed by atoms with van der Waals surface area (Å²) in [5, 5.41) is 20.5. The molecule has 3 aromatic carbocycles. The number of aryl methyl sites for hydroxylation is 1. The highest BCUT2D eigenvalue weighted by atomic mass is 16.3. The Morgan fingerprint density at radius 3 is 1.61 bits per heavy atom. The van der Waals surface area contributed by atoms with E-state index in [-0.39, 0.29) is 17.4 Å². The smallest absolute Gasteiger partial charge is 0.119 e. The summed E-state index contributed by atoms with van der Waals surface area (Å²) in [7, 11) is 0. The molecule has 3 rings (SSSR count). The van der Waals surface area contributed by atoms with Crippen LogP contribution in [0.25, 0.3) is 0 Å². The maximum atomic E-state index is 10.2. The number of phenolic OH excluding ortho intramolecular Hbond substituents is 2. The molecule has 0 amide bonds. The lowest BCUT2D eigenvalue weighted by Gasteiger charge is -2.20. The molecular weight excluding hydrogens is 284 g/mol. The van der Waals surface area contributed by atoms with Gasteiger partial charge >= 0.3 is 0 Å². The summed E-state index contributed by atoms with van der Waals surface area (Å²) in [4.78, 5) is 0. The van der Waals surface area contributed by atoms with Gasteiger partial charge in [-0.05, 0) is 30.5 Å². The highest BCUT2D eigenvalue weighted by Gasteiger charge is 2.20. The van der Waals surface area contributed by atoms with Crippen LogP contribution >= 0.6 is 0 Å². The normalized spacial score (nSPS) is 10.8. The Labute approximate surface area is 136 Å². The minimum atomic E-state index is -0.0439. The van der Waals surface area contributed by atoms with E-state index < -0.39 is 0 Å². The van der Waals surface area contributed by atoms with E-state index in [1.54, 1.807) is 12.1 Å². The fraction of sp³-hybridized carbons (Fsp3) is 0.143. The van der Waals surface area contributed by atoms with Crippen molar-refractivity contribution in [3.05, 3.63) is 95.6 Å². The predicted molar refractivity (Wildman–Crippen MR) is 92.8 cm³/mol. The zero-order valence-electron chi connectivity index (χ0n) is 12.9. The molecule has 23 heavy (non-hydrogen) atoms. The first-order valence-corrected chi connectivity index (χ1v) is 7.85. The zero-order chi connectivity index (χ0) is 16.1. The van der Waals surface area contributed by atoms with Gasteiger partial charge in [0.1, 0.15) is 11.5 Å². The summed E-state index contributed by atoms with van der Waals surface area (Å²) < 4.78 is 0. The molecule has 0 aromatic heterocycles. The van der Waals surface area contributed by atoms with Gasteiger partial charge in [0.05, 0.1) is 0 Å². The number of rotatable bonds is 5. The van der Waals surface area contributed by atoms with Crippen molar-refractivity contribution in [2.45, 2.75) is 18.8 Å². The average Bonchev–Trinajstić information content (AvgIpc) is 2.59. The highest BCUT2D eigenvalue weighted by Crippen LogP contribution is 2.38. The first kappa shape index (κ1) is 15.2. The van der Waals surface area contributed by atoms with Gasteiger partial charge in [-0.2, -0.15) is 0 Å². The maximum Gasteiger partial charge on any atom is 0.119 e. The van der Waals surface area contributed by atoms with E-state index in [4.69, 9.17) is 0 Å². The fourth-order valence-electron chi connectivity index (χ4n) is 3.00. The van der Waals surface area contributed by atoms with Gasteiger partial charge < -0.3 is 10.2 Å². The lowest BCUT2D eigenvalue weighted by Crippen LogP contribution is -2.04. The number of hydrogen-bond donors (Lipinski definition) is 2. The van der Waals surface area contributed by atoms with Gasteiger partial charge in [-0.25, -0.2) is 0 Å². The second kappa shape index (κ2) is 7.01. The van der Waals surface area contributed by atoms with E-state index in [0.29, 0.717) is 0 Å². The molecule has 0 radical (unpaired) electrons. The lowest BCUT2D eigenvalue weighted by atomic mass is 9.85. The molecule has 116 valence electrons. The van der Waals surface area contributed by atoms with Crippen molar-refractivity contribution in [2.75, 3.05) is 0 Å². The summed E-state index contributed by atoms with van der Waals surface area (Å²) in [6, 6.07) is 25.0. The Morgan fingerprint density at radius 1 is 0.609 bits per heavy atom. The molecule has 2 nitrogen and oxygen atoms in total. The van der Waals surface area contributed by atoms with Crippen LogP contribution < -0.4 is 0 Å². The molecule has 2 N–H and O–H groups in total. The minimum Gasteiger partial charge on any atom is -0.508 e. The van der Waals surface area contributed by atoms with Gasteiger partial charge in [-0.1, -0.05) is 66.7 Å². The quantitative estimate of drug-likeness (QED) is 0.706. The average molecular weight is 304 g/mol. The number of phenols is 2. The Balaban J connectivity index is 1.94. The molecule has 0 fully saturated rings. The molecule has 0 unspecified atom stereocenters. The van der Waals surface area contributed by atoms with Gasteiger partial charge in [0, 0.05) is 17.0 Å². The molecule has 0 aliphatic carbocycles. The molecule has 0 heterocycles. The van der Waals surface area contributed by atoms with Crippen LogP contribution in [0.2, 0.25) is 0 Å². The predicted octanol–water partition coefficient (Wildman–Crippen LogP) is 4.86. The van der Waals surface area contributed by atoms with Gasteiger partial charge in [0.15, 0.2) is 0 Å². The van der Waals surface area contributed by atoms with Crippen LogP contribution in [0.3, 0.4) is 0 Å². The summed E-state index contributed by atoms with van der Waals surface area (Å²) in [6.45, 7) is 0. The standard InChI is InChI=1S/C21H20O2/c22-20-12-6-4-10-18(20)17(19-11-5-7-13-21(19)23)15-14-16-8-2-1-3-9-16/h1-13,17,22-23H,14-15H2. The Morgan fingerprint density at radius 2 is 1.09 bits per heavy atom. The lowest BCUT2D eigenvalue weighted by molar-refractivity contribution is 0.451. The topological polar surface area (TPSA) is 40.5 Å². The summed E-state index contributed by atoms with van der Waals surface area (Å²) in [5.74, 6) is 0.500. The molecule has 0 saturated carbocycles. The number of para-hydroxylation sites is 2. The van der Waals surface area contributed by atoms with E-state index in [1.165, 1.54) is 5.56 Å². The van der Waals surface area contributed by atoms with Crippen LogP contribution in [0.15, 0.2) is 78.9 Å². The third kappa shape index (κ3) is 3.54. The summed E-state index contributed by atoms with van der Waals surface area (Å²) in [5.41, 5.74) is 2.96. The van der Waals surface area contributed by atoms with Crippen LogP contribution in [0, 0.1) is 0 Å². The first-order chi connectivity index (χ1) is 11.3. The molecule has 3 aromatic rings. The second-order valence-corrected chi connectivity index (χ2v) is 5.69. The summed E-state index contributed by atoms with van der Waals surface area (Å²) >= 11 is 0. The third-order valence-corrected chi connectivity index (χ3v) is 4.19. The minimum absolute atomic E-state index is 0.0439. The first-order valence-electron chi connectivity index (χ1n) is 7.85. The second-order valence-electron chi connectivity index (χ2n) is 5.69. The van der Waals surface area contributed by atoms with E-state index in [9.17, 15) is 10.2 Å². The molecule has 0 atom stereocenters. The fourth-order valence-corrected chi connectivity index (χ4v) is 3.00. The van der Waals surface area contributed by atoms with Gasteiger partial charge in [-0.3, -0.25) is 0 Å². The largest absolute Gasteiger partial charge is 0.508 e. The highest BCUT2D eigenvalue weighted by molar-refractivity contribution is 5.46. The van der Waals surface area contributed by atoms with E-state index >= 15 is 0 Å². The molecule has 0 aliphatic rings. The van der Waals surface area contributed by atoms with Gasteiger partial charge in [0.2, 0.25) is 0 Å². The number of hydrogen-bond acceptors (Lipinski definition) is 2. The number of aromatic hydroxyl groups is 2. The van der Waals surface area contributed by atoms with Crippen molar-refractivity contribution in [3.63, 3.8) is 0 Å². The van der Waals surface area contributed by atoms with Crippen LogP contribution in [0.1, 0.15) is 29.0 Å².